The largest absolute Gasteiger partial charge is 0.459 e. The van der Waals surface area contributed by atoms with Crippen LogP contribution in [0.1, 0.15) is 26.3 Å². The van der Waals surface area contributed by atoms with Crippen molar-refractivity contribution in [3.63, 3.8) is 0 Å². The Hall–Kier alpha value is -1.79. The number of hydrogen-bond donors (Lipinski definition) is 1. The van der Waals surface area contributed by atoms with Crippen LogP contribution in [0, 0.1) is 0 Å². The van der Waals surface area contributed by atoms with Gasteiger partial charge in [-0.15, -0.1) is 0 Å². The molecule has 1 heterocycles. The van der Waals surface area contributed by atoms with Crippen molar-refractivity contribution in [2.45, 2.75) is 38.8 Å². The number of nitrogens with one attached hydrogen (secondary N) is 1. The van der Waals surface area contributed by atoms with Crippen LogP contribution < -0.4 is 5.32 Å². The van der Waals surface area contributed by atoms with E-state index >= 15 is 0 Å². The standard InChI is InChI=1S/C18H22BrN3O2/c1-18(2,3)24-17(23)15(20-4)9-12-5-7-13(8-6-12)16-21-10-14(19)11-22-16/h5-8,10-11,15,20H,9H2,1-4H3. The number of benzene rings is 1. The molecule has 1 N–H and O–H groups in total. The fraction of sp³-hybridized carbons (Fsp3) is 0.389. The average molecular weight is 392 g/mol. The molecule has 0 radical (unpaired) electrons. The summed E-state index contributed by atoms with van der Waals surface area (Å²) in [5.41, 5.74) is 1.49. The number of nitrogens with zero attached hydrogens (tertiary/aromatic N) is 2. The van der Waals surface area contributed by atoms with E-state index in [0.29, 0.717) is 12.2 Å². The molecule has 2 aromatic rings. The Labute approximate surface area is 151 Å². The number of hydrogen-bond acceptors (Lipinski definition) is 5. The molecule has 2 rings (SSSR count). The normalized spacial score (nSPS) is 12.7. The minimum atomic E-state index is -0.491. The molecule has 0 spiro atoms. The van der Waals surface area contributed by atoms with Crippen LogP contribution >= 0.6 is 15.9 Å². The van der Waals surface area contributed by atoms with E-state index in [4.69, 9.17) is 4.74 Å². The molecule has 1 atom stereocenters. The first-order valence-corrected chi connectivity index (χ1v) is 8.55. The molecule has 0 fully saturated rings. The van der Waals surface area contributed by atoms with Gasteiger partial charge in [-0.1, -0.05) is 24.3 Å². The Morgan fingerprint density at radius 3 is 2.29 bits per heavy atom. The van der Waals surface area contributed by atoms with Gasteiger partial charge < -0.3 is 10.1 Å². The quantitative estimate of drug-likeness (QED) is 0.791. The maximum absolute atomic E-state index is 12.2. The first-order valence-electron chi connectivity index (χ1n) is 7.75. The van der Waals surface area contributed by atoms with Gasteiger partial charge >= 0.3 is 5.97 Å². The van der Waals surface area contributed by atoms with Gasteiger partial charge in [0, 0.05) is 18.0 Å². The number of rotatable bonds is 5. The Morgan fingerprint density at radius 2 is 1.79 bits per heavy atom. The molecule has 0 amide bonds. The molecule has 5 nitrogen and oxygen atoms in total. The first-order chi connectivity index (χ1) is 11.3. The summed E-state index contributed by atoms with van der Waals surface area (Å²) in [5.74, 6) is 0.423. The number of carbonyl (C=O) groups is 1. The Kier molecular flexibility index (Phi) is 6.07. The predicted octanol–water partition coefficient (Wildman–Crippen LogP) is 3.38. The molecule has 128 valence electrons. The first kappa shape index (κ1) is 18.5. The van der Waals surface area contributed by atoms with Gasteiger partial charge in [0.2, 0.25) is 0 Å². The molecule has 0 aliphatic rings. The van der Waals surface area contributed by atoms with Crippen molar-refractivity contribution in [2.75, 3.05) is 7.05 Å². The molecular formula is C18H22BrN3O2. The number of ether oxygens (including phenoxy) is 1. The van der Waals surface area contributed by atoms with Crippen LogP contribution in [0.15, 0.2) is 41.1 Å². The van der Waals surface area contributed by atoms with E-state index in [-0.39, 0.29) is 12.0 Å². The van der Waals surface area contributed by atoms with E-state index in [1.54, 1.807) is 19.4 Å². The van der Waals surface area contributed by atoms with Crippen molar-refractivity contribution in [2.24, 2.45) is 0 Å². The third-order valence-electron chi connectivity index (χ3n) is 3.31. The summed E-state index contributed by atoms with van der Waals surface area (Å²) in [6.45, 7) is 5.60. The van der Waals surface area contributed by atoms with Gasteiger partial charge in [-0.05, 0) is 55.7 Å². The van der Waals surface area contributed by atoms with Gasteiger partial charge in [0.15, 0.2) is 5.82 Å². The van der Waals surface area contributed by atoms with Crippen molar-refractivity contribution in [3.8, 4) is 11.4 Å². The van der Waals surface area contributed by atoms with Gasteiger partial charge in [-0.3, -0.25) is 4.79 Å². The van der Waals surface area contributed by atoms with Crippen molar-refractivity contribution in [1.82, 2.24) is 15.3 Å². The van der Waals surface area contributed by atoms with Crippen LogP contribution in [0.5, 0.6) is 0 Å². The summed E-state index contributed by atoms with van der Waals surface area (Å²) < 4.78 is 6.29. The van der Waals surface area contributed by atoms with E-state index in [0.717, 1.165) is 15.6 Å². The summed E-state index contributed by atoms with van der Waals surface area (Å²) in [7, 11) is 1.76. The molecule has 0 saturated carbocycles. The Bertz CT molecular complexity index is 679. The molecular weight excluding hydrogens is 370 g/mol. The molecule has 0 aliphatic carbocycles. The highest BCUT2D eigenvalue weighted by atomic mass is 79.9. The number of likely N-dealkylation sites (N-methyl/N-ethyl adjacent to an activating group) is 1. The lowest BCUT2D eigenvalue weighted by molar-refractivity contribution is -0.157. The van der Waals surface area contributed by atoms with Gasteiger partial charge in [-0.2, -0.15) is 0 Å². The zero-order valence-corrected chi connectivity index (χ0v) is 15.9. The maximum atomic E-state index is 12.2. The monoisotopic (exact) mass is 391 g/mol. The SMILES string of the molecule is CNC(Cc1ccc(-c2ncc(Br)cn2)cc1)C(=O)OC(C)(C)C. The van der Waals surface area contributed by atoms with Gasteiger partial charge in [0.25, 0.3) is 0 Å². The highest BCUT2D eigenvalue weighted by molar-refractivity contribution is 9.10. The smallest absolute Gasteiger partial charge is 0.323 e. The maximum Gasteiger partial charge on any atom is 0.323 e. The summed E-state index contributed by atoms with van der Waals surface area (Å²) in [6, 6.07) is 7.50. The Morgan fingerprint density at radius 1 is 1.21 bits per heavy atom. The fourth-order valence-corrected chi connectivity index (χ4v) is 2.37. The van der Waals surface area contributed by atoms with Crippen LogP contribution in [-0.4, -0.2) is 34.6 Å². The highest BCUT2D eigenvalue weighted by Gasteiger charge is 2.24. The second-order valence-electron chi connectivity index (χ2n) is 6.50. The van der Waals surface area contributed by atoms with Crippen molar-refractivity contribution >= 4 is 21.9 Å². The summed E-state index contributed by atoms with van der Waals surface area (Å²) in [5, 5.41) is 3.02. The van der Waals surface area contributed by atoms with Crippen molar-refractivity contribution < 1.29 is 9.53 Å². The minimum absolute atomic E-state index is 0.245. The zero-order chi connectivity index (χ0) is 17.7. The summed E-state index contributed by atoms with van der Waals surface area (Å²) in [4.78, 5) is 20.8. The van der Waals surface area contributed by atoms with E-state index < -0.39 is 5.60 Å². The topological polar surface area (TPSA) is 64.1 Å². The average Bonchev–Trinajstić information content (AvgIpc) is 2.52. The van der Waals surface area contributed by atoms with E-state index in [1.165, 1.54) is 0 Å². The third-order valence-corrected chi connectivity index (χ3v) is 3.72. The van der Waals surface area contributed by atoms with Crippen LogP contribution in [0.25, 0.3) is 11.4 Å². The number of aromatic nitrogens is 2. The lowest BCUT2D eigenvalue weighted by Gasteiger charge is -2.23. The Balaban J connectivity index is 2.07. The lowest BCUT2D eigenvalue weighted by Crippen LogP contribution is -2.41. The number of halogens is 1. The van der Waals surface area contributed by atoms with Gasteiger partial charge in [0.1, 0.15) is 11.6 Å². The predicted molar refractivity (Wildman–Crippen MR) is 97.6 cm³/mol. The van der Waals surface area contributed by atoms with Gasteiger partial charge in [0.05, 0.1) is 4.47 Å². The van der Waals surface area contributed by atoms with E-state index in [1.807, 2.05) is 45.0 Å². The molecule has 0 bridgehead atoms. The van der Waals surface area contributed by atoms with Gasteiger partial charge in [-0.25, -0.2) is 9.97 Å². The highest BCUT2D eigenvalue weighted by Crippen LogP contribution is 2.18. The molecule has 6 heteroatoms. The second kappa shape index (κ2) is 7.85. The lowest BCUT2D eigenvalue weighted by atomic mass is 10.0. The zero-order valence-electron chi connectivity index (χ0n) is 14.3. The molecule has 0 saturated heterocycles. The molecule has 0 aliphatic heterocycles. The fourth-order valence-electron chi connectivity index (χ4n) is 2.16. The number of carbonyl (C=O) groups excluding carboxylic acids is 1. The molecule has 1 aromatic carbocycles. The van der Waals surface area contributed by atoms with Crippen LogP contribution in [0.4, 0.5) is 0 Å². The third kappa shape index (κ3) is 5.39. The van der Waals surface area contributed by atoms with E-state index in [9.17, 15) is 4.79 Å². The molecule has 24 heavy (non-hydrogen) atoms. The summed E-state index contributed by atoms with van der Waals surface area (Å²) >= 11 is 3.32. The molecule has 1 unspecified atom stereocenters. The second-order valence-corrected chi connectivity index (χ2v) is 7.42. The van der Waals surface area contributed by atoms with E-state index in [2.05, 4.69) is 31.2 Å². The summed E-state index contributed by atoms with van der Waals surface area (Å²) in [6.07, 6.45) is 4.00. The molecule has 1 aromatic heterocycles. The van der Waals surface area contributed by atoms with Crippen LogP contribution in [-0.2, 0) is 16.0 Å². The minimum Gasteiger partial charge on any atom is -0.459 e. The van der Waals surface area contributed by atoms with Crippen LogP contribution in [0.2, 0.25) is 0 Å². The van der Waals surface area contributed by atoms with Crippen LogP contribution in [0.3, 0.4) is 0 Å². The number of esters is 1. The van der Waals surface area contributed by atoms with Crippen molar-refractivity contribution in [3.05, 3.63) is 46.7 Å². The van der Waals surface area contributed by atoms with Crippen molar-refractivity contribution in [1.29, 1.82) is 0 Å².